The molecule has 0 bridgehead atoms. The van der Waals surface area contributed by atoms with Gasteiger partial charge in [-0.15, -0.1) is 0 Å². The van der Waals surface area contributed by atoms with Crippen molar-refractivity contribution in [3.8, 4) is 17.0 Å². The van der Waals surface area contributed by atoms with Crippen LogP contribution in [0.15, 0.2) is 34.9 Å². The molecule has 1 aliphatic rings. The van der Waals surface area contributed by atoms with Crippen molar-refractivity contribution in [3.05, 3.63) is 30.3 Å². The van der Waals surface area contributed by atoms with Crippen LogP contribution in [-0.2, 0) is 9.53 Å². The smallest absolute Gasteiger partial charge is 0.255 e. The monoisotopic (exact) mass is 288 g/mol. The van der Waals surface area contributed by atoms with E-state index in [1.807, 2.05) is 24.3 Å². The number of carbonyl (C=O) groups is 1. The second-order valence-corrected chi connectivity index (χ2v) is 4.77. The number of carbonyl (C=O) groups excluding carboxylic acids is 1. The molecule has 2 aromatic rings. The van der Waals surface area contributed by atoms with Crippen LogP contribution < -0.4 is 10.1 Å². The molecule has 1 atom stereocenters. The summed E-state index contributed by atoms with van der Waals surface area (Å²) in [6.07, 6.45) is 1.24. The van der Waals surface area contributed by atoms with Gasteiger partial charge in [0.15, 0.2) is 0 Å². The van der Waals surface area contributed by atoms with Crippen molar-refractivity contribution in [2.24, 2.45) is 0 Å². The molecule has 3 rings (SSSR count). The third kappa shape index (κ3) is 2.90. The lowest BCUT2D eigenvalue weighted by Crippen LogP contribution is -2.26. The van der Waals surface area contributed by atoms with E-state index in [1.54, 1.807) is 13.2 Å². The van der Waals surface area contributed by atoms with E-state index in [9.17, 15) is 4.79 Å². The largest absolute Gasteiger partial charge is 0.496 e. The number of nitrogens with one attached hydrogen (secondary N) is 1. The summed E-state index contributed by atoms with van der Waals surface area (Å²) in [5.74, 6) is 0.800. The molecule has 1 aromatic carbocycles. The highest BCUT2D eigenvalue weighted by atomic mass is 16.5. The Balaban J connectivity index is 1.75. The molecule has 0 spiro atoms. The number of hydrogen-bond donors (Lipinski definition) is 1. The van der Waals surface area contributed by atoms with Gasteiger partial charge in [0, 0.05) is 18.2 Å². The molecular weight excluding hydrogens is 272 g/mol. The fraction of sp³-hybridized carbons (Fsp3) is 0.333. The summed E-state index contributed by atoms with van der Waals surface area (Å²) in [6.45, 7) is 0.626. The summed E-state index contributed by atoms with van der Waals surface area (Å²) >= 11 is 0. The number of anilines is 1. The minimum atomic E-state index is -0.398. The Morgan fingerprint density at radius 2 is 2.29 bits per heavy atom. The minimum absolute atomic E-state index is 0.199. The SMILES string of the molecule is COc1ccccc1-c1cc(NC(=O)C2CCCO2)on1. The predicted molar refractivity (Wildman–Crippen MR) is 76.1 cm³/mol. The quantitative estimate of drug-likeness (QED) is 0.935. The van der Waals surface area contributed by atoms with E-state index in [2.05, 4.69) is 10.5 Å². The molecular formula is C15H16N2O4. The lowest BCUT2D eigenvalue weighted by atomic mass is 10.1. The van der Waals surface area contributed by atoms with E-state index in [1.165, 1.54) is 0 Å². The lowest BCUT2D eigenvalue weighted by Gasteiger charge is -2.07. The topological polar surface area (TPSA) is 73.6 Å². The first-order chi connectivity index (χ1) is 10.3. The van der Waals surface area contributed by atoms with Gasteiger partial charge in [-0.25, -0.2) is 0 Å². The highest BCUT2D eigenvalue weighted by Gasteiger charge is 2.24. The summed E-state index contributed by atoms with van der Waals surface area (Å²) in [4.78, 5) is 11.9. The number of methoxy groups -OCH3 is 1. The van der Waals surface area contributed by atoms with Gasteiger partial charge in [0.25, 0.3) is 5.91 Å². The van der Waals surface area contributed by atoms with Crippen LogP contribution in [0.5, 0.6) is 5.75 Å². The van der Waals surface area contributed by atoms with E-state index in [0.29, 0.717) is 23.9 Å². The average molecular weight is 288 g/mol. The molecule has 6 heteroatoms. The molecule has 1 amide bonds. The fourth-order valence-electron chi connectivity index (χ4n) is 2.30. The summed E-state index contributed by atoms with van der Waals surface area (Å²) < 4.78 is 15.8. The standard InChI is InChI=1S/C15H16N2O4/c1-19-12-6-3-2-5-10(12)11-9-14(21-17-11)16-15(18)13-7-4-8-20-13/h2-3,5-6,9,13H,4,7-8H2,1H3,(H,16,18). The maximum Gasteiger partial charge on any atom is 0.255 e. The molecule has 6 nitrogen and oxygen atoms in total. The number of para-hydroxylation sites is 1. The van der Waals surface area contributed by atoms with E-state index in [4.69, 9.17) is 14.0 Å². The normalized spacial score (nSPS) is 17.7. The average Bonchev–Trinajstić information content (AvgIpc) is 3.18. The van der Waals surface area contributed by atoms with E-state index >= 15 is 0 Å². The number of aromatic nitrogens is 1. The van der Waals surface area contributed by atoms with Crippen LogP contribution in [0.3, 0.4) is 0 Å². The molecule has 2 heterocycles. The molecule has 1 fully saturated rings. The van der Waals surface area contributed by atoms with Crippen molar-refractivity contribution in [2.75, 3.05) is 19.0 Å². The molecule has 21 heavy (non-hydrogen) atoms. The van der Waals surface area contributed by atoms with Crippen LogP contribution in [0.1, 0.15) is 12.8 Å². The minimum Gasteiger partial charge on any atom is -0.496 e. The van der Waals surface area contributed by atoms with Gasteiger partial charge in [-0.05, 0) is 25.0 Å². The van der Waals surface area contributed by atoms with Gasteiger partial charge < -0.3 is 14.0 Å². The van der Waals surface area contributed by atoms with Crippen LogP contribution in [0.25, 0.3) is 11.3 Å². The molecule has 1 N–H and O–H groups in total. The van der Waals surface area contributed by atoms with Gasteiger partial charge in [-0.1, -0.05) is 17.3 Å². The van der Waals surface area contributed by atoms with Crippen molar-refractivity contribution in [2.45, 2.75) is 18.9 Å². The van der Waals surface area contributed by atoms with Gasteiger partial charge in [0.05, 0.1) is 7.11 Å². The van der Waals surface area contributed by atoms with Gasteiger partial charge in [0.2, 0.25) is 5.88 Å². The Bertz CT molecular complexity index is 632. The molecule has 0 radical (unpaired) electrons. The van der Waals surface area contributed by atoms with Crippen LogP contribution >= 0.6 is 0 Å². The maximum absolute atomic E-state index is 11.9. The van der Waals surface area contributed by atoms with Crippen LogP contribution in [0.4, 0.5) is 5.88 Å². The van der Waals surface area contributed by atoms with Gasteiger partial charge in [-0.2, -0.15) is 0 Å². The highest BCUT2D eigenvalue weighted by molar-refractivity contribution is 5.93. The summed E-state index contributed by atoms with van der Waals surface area (Å²) in [6, 6.07) is 9.15. The van der Waals surface area contributed by atoms with Crippen molar-refractivity contribution >= 4 is 11.8 Å². The van der Waals surface area contributed by atoms with Crippen molar-refractivity contribution in [3.63, 3.8) is 0 Å². The maximum atomic E-state index is 11.9. The Labute approximate surface area is 122 Å². The summed E-state index contributed by atoms with van der Waals surface area (Å²) in [7, 11) is 1.60. The number of nitrogens with zero attached hydrogens (tertiary/aromatic N) is 1. The number of ether oxygens (including phenoxy) is 2. The van der Waals surface area contributed by atoms with Crippen LogP contribution in [0, 0.1) is 0 Å². The second kappa shape index (κ2) is 5.97. The Morgan fingerprint density at radius 3 is 3.05 bits per heavy atom. The third-order valence-electron chi connectivity index (χ3n) is 3.36. The molecule has 0 saturated carbocycles. The van der Waals surface area contributed by atoms with Gasteiger partial charge >= 0.3 is 0 Å². The summed E-state index contributed by atoms with van der Waals surface area (Å²) in [5, 5.41) is 6.64. The molecule has 110 valence electrons. The number of benzene rings is 1. The van der Waals surface area contributed by atoms with Crippen LogP contribution in [-0.4, -0.2) is 30.9 Å². The predicted octanol–water partition coefficient (Wildman–Crippen LogP) is 2.47. The first-order valence-corrected chi connectivity index (χ1v) is 6.80. The number of rotatable bonds is 4. The van der Waals surface area contributed by atoms with E-state index in [-0.39, 0.29) is 5.91 Å². The zero-order valence-corrected chi connectivity index (χ0v) is 11.7. The third-order valence-corrected chi connectivity index (χ3v) is 3.36. The number of hydrogen-bond acceptors (Lipinski definition) is 5. The first-order valence-electron chi connectivity index (χ1n) is 6.80. The zero-order chi connectivity index (χ0) is 14.7. The molecule has 1 saturated heterocycles. The van der Waals surface area contributed by atoms with Crippen molar-refractivity contribution in [1.29, 1.82) is 0 Å². The fourth-order valence-corrected chi connectivity index (χ4v) is 2.30. The molecule has 1 unspecified atom stereocenters. The molecule has 0 aliphatic carbocycles. The van der Waals surface area contributed by atoms with Crippen molar-refractivity contribution in [1.82, 2.24) is 5.16 Å². The van der Waals surface area contributed by atoms with Crippen LogP contribution in [0.2, 0.25) is 0 Å². The molecule has 1 aromatic heterocycles. The van der Waals surface area contributed by atoms with Gasteiger partial charge in [-0.3, -0.25) is 10.1 Å². The zero-order valence-electron chi connectivity index (χ0n) is 11.7. The highest BCUT2D eigenvalue weighted by Crippen LogP contribution is 2.30. The number of amides is 1. The Kier molecular flexibility index (Phi) is 3.87. The van der Waals surface area contributed by atoms with Gasteiger partial charge in [0.1, 0.15) is 17.5 Å². The first kappa shape index (κ1) is 13.6. The van der Waals surface area contributed by atoms with E-state index < -0.39 is 6.10 Å². The Hall–Kier alpha value is -2.34. The van der Waals surface area contributed by atoms with E-state index in [0.717, 1.165) is 18.4 Å². The van der Waals surface area contributed by atoms with Crippen molar-refractivity contribution < 1.29 is 18.8 Å². The Morgan fingerprint density at radius 1 is 1.43 bits per heavy atom. The summed E-state index contributed by atoms with van der Waals surface area (Å²) in [5.41, 5.74) is 1.41. The molecule has 1 aliphatic heterocycles. The second-order valence-electron chi connectivity index (χ2n) is 4.77. The lowest BCUT2D eigenvalue weighted by molar-refractivity contribution is -0.124.